The van der Waals surface area contributed by atoms with Crippen LogP contribution < -0.4 is 10.9 Å². The summed E-state index contributed by atoms with van der Waals surface area (Å²) in [5, 5.41) is 6.75. The van der Waals surface area contributed by atoms with Crippen LogP contribution in [0.25, 0.3) is 11.4 Å². The van der Waals surface area contributed by atoms with E-state index in [1.165, 1.54) is 0 Å². The van der Waals surface area contributed by atoms with Crippen molar-refractivity contribution >= 4 is 5.91 Å². The van der Waals surface area contributed by atoms with E-state index in [4.69, 9.17) is 4.52 Å². The lowest BCUT2D eigenvalue weighted by Crippen LogP contribution is -2.23. The molecule has 0 saturated heterocycles. The van der Waals surface area contributed by atoms with Crippen LogP contribution in [0.2, 0.25) is 0 Å². The highest BCUT2D eigenvalue weighted by Gasteiger charge is 2.15. The Morgan fingerprint density at radius 1 is 1.19 bits per heavy atom. The molecule has 0 spiro atoms. The number of rotatable bonds is 7. The van der Waals surface area contributed by atoms with Crippen molar-refractivity contribution in [2.45, 2.75) is 39.8 Å². The Labute approximate surface area is 157 Å². The molecule has 0 aliphatic carbocycles. The van der Waals surface area contributed by atoms with Gasteiger partial charge < -0.3 is 14.4 Å². The summed E-state index contributed by atoms with van der Waals surface area (Å²) < 4.78 is 6.86. The summed E-state index contributed by atoms with van der Waals surface area (Å²) in [7, 11) is 0. The van der Waals surface area contributed by atoms with Gasteiger partial charge in [-0.15, -0.1) is 0 Å². The number of carbonyl (C=O) groups is 1. The van der Waals surface area contributed by atoms with E-state index in [1.54, 1.807) is 10.6 Å². The van der Waals surface area contributed by atoms with Gasteiger partial charge >= 0.3 is 0 Å². The van der Waals surface area contributed by atoms with Gasteiger partial charge in [0.05, 0.1) is 5.56 Å². The lowest BCUT2D eigenvalue weighted by atomic mass is 10.2. The van der Waals surface area contributed by atoms with Crippen LogP contribution in [-0.2, 0) is 24.3 Å². The number of pyridine rings is 1. The van der Waals surface area contributed by atoms with Crippen LogP contribution in [0.3, 0.4) is 0 Å². The number of nitrogens with zero attached hydrogens (tertiary/aromatic N) is 3. The molecule has 2 heterocycles. The van der Waals surface area contributed by atoms with Gasteiger partial charge in [-0.25, -0.2) is 0 Å². The van der Waals surface area contributed by atoms with Crippen molar-refractivity contribution in [3.05, 3.63) is 70.0 Å². The van der Waals surface area contributed by atoms with E-state index < -0.39 is 0 Å². The van der Waals surface area contributed by atoms with Gasteiger partial charge in [0.1, 0.15) is 0 Å². The summed E-state index contributed by atoms with van der Waals surface area (Å²) >= 11 is 0. The maximum absolute atomic E-state index is 12.5. The molecule has 2 aromatic heterocycles. The van der Waals surface area contributed by atoms with Gasteiger partial charge in [-0.1, -0.05) is 35.5 Å². The van der Waals surface area contributed by atoms with Gasteiger partial charge in [-0.05, 0) is 31.5 Å². The van der Waals surface area contributed by atoms with Gasteiger partial charge in [0.15, 0.2) is 0 Å². The van der Waals surface area contributed by atoms with Gasteiger partial charge in [-0.2, -0.15) is 4.98 Å². The van der Waals surface area contributed by atoms with Crippen LogP contribution >= 0.6 is 0 Å². The minimum atomic E-state index is -0.148. The van der Waals surface area contributed by atoms with E-state index in [0.29, 0.717) is 31.0 Å². The topological polar surface area (TPSA) is 90.0 Å². The van der Waals surface area contributed by atoms with Gasteiger partial charge in [0.2, 0.25) is 17.6 Å². The summed E-state index contributed by atoms with van der Waals surface area (Å²) in [6, 6.07) is 13.3. The first-order valence-electron chi connectivity index (χ1n) is 8.92. The largest absolute Gasteiger partial charge is 0.352 e. The average molecular weight is 366 g/mol. The van der Waals surface area contributed by atoms with E-state index >= 15 is 0 Å². The highest BCUT2D eigenvalue weighted by atomic mass is 16.5. The summed E-state index contributed by atoms with van der Waals surface area (Å²) in [5.41, 5.74) is 2.17. The second-order valence-corrected chi connectivity index (χ2v) is 6.21. The Hall–Kier alpha value is -3.22. The third-order valence-corrected chi connectivity index (χ3v) is 4.32. The highest BCUT2D eigenvalue weighted by Crippen LogP contribution is 2.13. The minimum Gasteiger partial charge on any atom is -0.352 e. The predicted molar refractivity (Wildman–Crippen MR) is 101 cm³/mol. The fourth-order valence-corrected chi connectivity index (χ4v) is 2.81. The van der Waals surface area contributed by atoms with Gasteiger partial charge in [-0.3, -0.25) is 9.59 Å². The molecule has 0 aliphatic heterocycles. The van der Waals surface area contributed by atoms with Gasteiger partial charge in [0.25, 0.3) is 5.56 Å². The highest BCUT2D eigenvalue weighted by molar-refractivity contribution is 5.76. The van der Waals surface area contributed by atoms with Crippen LogP contribution in [0.1, 0.15) is 30.5 Å². The number of aryl methyl sites for hydroxylation is 2. The molecule has 3 aromatic rings. The smallest absolute Gasteiger partial charge is 0.261 e. The van der Waals surface area contributed by atoms with E-state index in [0.717, 1.165) is 11.3 Å². The van der Waals surface area contributed by atoms with Crippen molar-refractivity contribution in [2.75, 3.05) is 0 Å². The first-order valence-corrected chi connectivity index (χ1v) is 8.92. The van der Waals surface area contributed by atoms with Crippen molar-refractivity contribution in [3.8, 4) is 11.4 Å². The molecule has 7 nitrogen and oxygen atoms in total. The molecule has 3 rings (SSSR count). The van der Waals surface area contributed by atoms with Crippen LogP contribution in [0, 0.1) is 6.92 Å². The van der Waals surface area contributed by atoms with E-state index in [2.05, 4.69) is 15.5 Å². The first kappa shape index (κ1) is 18.6. The predicted octanol–water partition coefficient (Wildman–Crippen LogP) is 2.48. The zero-order chi connectivity index (χ0) is 19.2. The number of benzene rings is 1. The third-order valence-electron chi connectivity index (χ3n) is 4.32. The normalized spacial score (nSPS) is 10.7. The number of amides is 1. The fourth-order valence-electron chi connectivity index (χ4n) is 2.81. The Balaban J connectivity index is 1.60. The van der Waals surface area contributed by atoms with Crippen LogP contribution in [0.15, 0.2) is 51.8 Å². The van der Waals surface area contributed by atoms with Crippen LogP contribution in [0.4, 0.5) is 0 Å². The molecular formula is C20H22N4O3. The summed E-state index contributed by atoms with van der Waals surface area (Å²) in [6.45, 7) is 4.85. The standard InChI is InChI=1S/C20H22N4O3/c1-3-24-14(2)9-10-16(20(24)26)19-22-18(27-23-19)12-11-17(25)21-13-15-7-5-4-6-8-15/h4-10H,3,11-13H2,1-2H3,(H,21,25). The summed E-state index contributed by atoms with van der Waals surface area (Å²) in [5.74, 6) is 0.493. The van der Waals surface area contributed by atoms with E-state index in [-0.39, 0.29) is 23.7 Å². The molecule has 0 radical (unpaired) electrons. The number of hydrogen-bond donors (Lipinski definition) is 1. The maximum atomic E-state index is 12.5. The Kier molecular flexibility index (Phi) is 5.80. The Morgan fingerprint density at radius 2 is 1.96 bits per heavy atom. The van der Waals surface area contributed by atoms with Crippen molar-refractivity contribution < 1.29 is 9.32 Å². The van der Waals surface area contributed by atoms with Crippen molar-refractivity contribution in [1.82, 2.24) is 20.0 Å². The van der Waals surface area contributed by atoms with Crippen molar-refractivity contribution in [3.63, 3.8) is 0 Å². The summed E-state index contributed by atoms with van der Waals surface area (Å²) in [4.78, 5) is 28.7. The molecule has 0 aliphatic rings. The molecule has 1 aromatic carbocycles. The molecule has 0 saturated carbocycles. The molecule has 140 valence electrons. The van der Waals surface area contributed by atoms with Crippen LogP contribution in [-0.4, -0.2) is 20.6 Å². The molecule has 1 amide bonds. The lowest BCUT2D eigenvalue weighted by molar-refractivity contribution is -0.121. The quantitative estimate of drug-likeness (QED) is 0.694. The molecule has 27 heavy (non-hydrogen) atoms. The van der Waals surface area contributed by atoms with E-state index in [1.807, 2.05) is 50.2 Å². The second-order valence-electron chi connectivity index (χ2n) is 6.21. The number of nitrogens with one attached hydrogen (secondary N) is 1. The molecule has 0 fully saturated rings. The second kappa shape index (κ2) is 8.44. The van der Waals surface area contributed by atoms with Crippen molar-refractivity contribution in [1.29, 1.82) is 0 Å². The third kappa shape index (κ3) is 4.49. The number of carbonyl (C=O) groups excluding carboxylic acids is 1. The number of hydrogen-bond acceptors (Lipinski definition) is 5. The Bertz CT molecular complexity index is 976. The monoisotopic (exact) mass is 366 g/mol. The maximum Gasteiger partial charge on any atom is 0.261 e. The minimum absolute atomic E-state index is 0.0951. The SMILES string of the molecule is CCn1c(C)ccc(-c2noc(CCC(=O)NCc3ccccc3)n2)c1=O. The number of aromatic nitrogens is 3. The van der Waals surface area contributed by atoms with Crippen molar-refractivity contribution in [2.24, 2.45) is 0 Å². The van der Waals surface area contributed by atoms with Gasteiger partial charge in [0, 0.05) is 31.6 Å². The zero-order valence-electron chi connectivity index (χ0n) is 15.4. The molecule has 0 bridgehead atoms. The first-order chi connectivity index (χ1) is 13.1. The average Bonchev–Trinajstić information content (AvgIpc) is 3.15. The zero-order valence-corrected chi connectivity index (χ0v) is 15.4. The lowest BCUT2D eigenvalue weighted by Gasteiger charge is -2.07. The molecule has 0 atom stereocenters. The van der Waals surface area contributed by atoms with E-state index in [9.17, 15) is 9.59 Å². The molecule has 7 heteroatoms. The van der Waals surface area contributed by atoms with Crippen LogP contribution in [0.5, 0.6) is 0 Å². The summed E-state index contributed by atoms with van der Waals surface area (Å²) in [6.07, 6.45) is 0.559. The fraction of sp³-hybridized carbons (Fsp3) is 0.300. The Morgan fingerprint density at radius 3 is 2.70 bits per heavy atom. The molecular weight excluding hydrogens is 344 g/mol. The molecule has 1 N–H and O–H groups in total. The molecule has 0 unspecified atom stereocenters.